The van der Waals surface area contributed by atoms with Crippen LogP contribution in [0.5, 0.6) is 0 Å². The first-order valence-electron chi connectivity index (χ1n) is 2.74. The van der Waals surface area contributed by atoms with Gasteiger partial charge < -0.3 is 5.32 Å². The molecule has 1 rings (SSSR count). The molecule has 54 valence electrons. The molecule has 0 aliphatic rings. The van der Waals surface area contributed by atoms with Crippen LogP contribution in [-0.2, 0) is 0 Å². The summed E-state index contributed by atoms with van der Waals surface area (Å²) in [6.45, 7) is 0. The third kappa shape index (κ3) is 1.61. The zero-order valence-electron chi connectivity index (χ0n) is 5.36. The summed E-state index contributed by atoms with van der Waals surface area (Å²) in [6.07, 6.45) is 0. The molecule has 0 aromatic carbocycles. The van der Waals surface area contributed by atoms with E-state index < -0.39 is 0 Å². The number of hydrogen-bond acceptors (Lipinski definition) is 2. The minimum absolute atomic E-state index is 0.483. The van der Waals surface area contributed by atoms with E-state index in [9.17, 15) is 0 Å². The van der Waals surface area contributed by atoms with Gasteiger partial charge in [-0.25, -0.2) is 4.98 Å². The lowest BCUT2D eigenvalue weighted by Gasteiger charge is -2.00. The molecule has 1 heterocycles. The second-order valence-electron chi connectivity index (χ2n) is 1.72. The Balaban J connectivity index is 3.07. The standard InChI is InChI=1S/C6H6BrClN2/c1-9-4-2-3-5(7)10-6(4)8/h2-3,9H,1H3. The molecule has 1 N–H and O–H groups in total. The van der Waals surface area contributed by atoms with Gasteiger partial charge in [0, 0.05) is 7.05 Å². The van der Waals surface area contributed by atoms with Crippen LogP contribution in [0.25, 0.3) is 0 Å². The second-order valence-corrected chi connectivity index (χ2v) is 2.89. The Morgan fingerprint density at radius 2 is 2.30 bits per heavy atom. The molecule has 10 heavy (non-hydrogen) atoms. The van der Waals surface area contributed by atoms with Gasteiger partial charge in [0.1, 0.15) is 4.60 Å². The van der Waals surface area contributed by atoms with Crippen molar-refractivity contribution in [2.75, 3.05) is 12.4 Å². The van der Waals surface area contributed by atoms with Gasteiger partial charge in [0.05, 0.1) is 5.69 Å². The summed E-state index contributed by atoms with van der Waals surface area (Å²) in [5.74, 6) is 0. The molecule has 0 bridgehead atoms. The predicted octanol–water partition coefficient (Wildman–Crippen LogP) is 2.54. The molecule has 0 unspecified atom stereocenters. The van der Waals surface area contributed by atoms with Crippen LogP contribution in [0.4, 0.5) is 5.69 Å². The Morgan fingerprint density at radius 3 is 2.80 bits per heavy atom. The zero-order valence-corrected chi connectivity index (χ0v) is 7.70. The van der Waals surface area contributed by atoms with Crippen molar-refractivity contribution in [3.63, 3.8) is 0 Å². The van der Waals surface area contributed by atoms with Crippen molar-refractivity contribution in [2.45, 2.75) is 0 Å². The predicted molar refractivity (Wildman–Crippen MR) is 46.5 cm³/mol. The Bertz CT molecular complexity index is 239. The smallest absolute Gasteiger partial charge is 0.153 e. The maximum Gasteiger partial charge on any atom is 0.153 e. The van der Waals surface area contributed by atoms with Crippen molar-refractivity contribution in [1.29, 1.82) is 0 Å². The minimum Gasteiger partial charge on any atom is -0.386 e. The van der Waals surface area contributed by atoms with E-state index in [4.69, 9.17) is 11.6 Å². The summed E-state index contributed by atoms with van der Waals surface area (Å²) in [5, 5.41) is 3.39. The van der Waals surface area contributed by atoms with E-state index in [1.807, 2.05) is 12.1 Å². The van der Waals surface area contributed by atoms with Crippen molar-refractivity contribution < 1.29 is 0 Å². The van der Waals surface area contributed by atoms with Crippen LogP contribution < -0.4 is 5.32 Å². The Kier molecular flexibility index (Phi) is 2.51. The van der Waals surface area contributed by atoms with Gasteiger partial charge in [0.15, 0.2) is 5.15 Å². The average Bonchev–Trinajstić information content (AvgIpc) is 1.88. The van der Waals surface area contributed by atoms with Gasteiger partial charge in [-0.15, -0.1) is 0 Å². The fourth-order valence-electron chi connectivity index (χ4n) is 0.599. The Morgan fingerprint density at radius 1 is 1.60 bits per heavy atom. The summed E-state index contributed by atoms with van der Waals surface area (Å²) in [7, 11) is 1.80. The van der Waals surface area contributed by atoms with Crippen molar-refractivity contribution in [2.24, 2.45) is 0 Å². The number of anilines is 1. The van der Waals surface area contributed by atoms with E-state index in [0.717, 1.165) is 10.3 Å². The highest BCUT2D eigenvalue weighted by Gasteiger charge is 1.97. The fourth-order valence-corrected chi connectivity index (χ4v) is 1.26. The lowest BCUT2D eigenvalue weighted by atomic mass is 10.4. The number of nitrogens with zero attached hydrogens (tertiary/aromatic N) is 1. The van der Waals surface area contributed by atoms with Crippen LogP contribution in [0, 0.1) is 0 Å². The molecule has 0 aliphatic heterocycles. The molecule has 1 aromatic rings. The molecule has 0 fully saturated rings. The third-order valence-electron chi connectivity index (χ3n) is 1.08. The summed E-state index contributed by atoms with van der Waals surface area (Å²) < 4.78 is 0.747. The van der Waals surface area contributed by atoms with Crippen molar-refractivity contribution >= 4 is 33.2 Å². The van der Waals surface area contributed by atoms with Crippen LogP contribution in [0.15, 0.2) is 16.7 Å². The van der Waals surface area contributed by atoms with Crippen LogP contribution in [-0.4, -0.2) is 12.0 Å². The quantitative estimate of drug-likeness (QED) is 0.737. The molecule has 0 aliphatic carbocycles. The largest absolute Gasteiger partial charge is 0.386 e. The van der Waals surface area contributed by atoms with Gasteiger partial charge in [-0.1, -0.05) is 11.6 Å². The lowest BCUT2D eigenvalue weighted by molar-refractivity contribution is 1.27. The van der Waals surface area contributed by atoms with Crippen LogP contribution in [0.2, 0.25) is 5.15 Å². The molecule has 0 saturated heterocycles. The molecule has 0 amide bonds. The molecule has 1 aromatic heterocycles. The van der Waals surface area contributed by atoms with Gasteiger partial charge in [0.2, 0.25) is 0 Å². The summed E-state index contributed by atoms with van der Waals surface area (Å²) in [6, 6.07) is 3.69. The van der Waals surface area contributed by atoms with Gasteiger partial charge in [0.25, 0.3) is 0 Å². The number of pyridine rings is 1. The molecular weight excluding hydrogens is 215 g/mol. The van der Waals surface area contributed by atoms with E-state index in [2.05, 4.69) is 26.2 Å². The first-order chi connectivity index (χ1) is 4.74. The van der Waals surface area contributed by atoms with Gasteiger partial charge in [-0.3, -0.25) is 0 Å². The summed E-state index contributed by atoms with van der Waals surface area (Å²) >= 11 is 8.93. The monoisotopic (exact) mass is 220 g/mol. The van der Waals surface area contributed by atoms with Crippen LogP contribution in [0.1, 0.15) is 0 Å². The summed E-state index contributed by atoms with van der Waals surface area (Å²) in [5.41, 5.74) is 0.838. The molecule has 0 radical (unpaired) electrons. The molecule has 2 nitrogen and oxygen atoms in total. The number of aromatic nitrogens is 1. The summed E-state index contributed by atoms with van der Waals surface area (Å²) in [4.78, 5) is 3.96. The molecular formula is C6H6BrClN2. The first kappa shape index (κ1) is 7.82. The molecule has 0 saturated carbocycles. The van der Waals surface area contributed by atoms with Crippen LogP contribution in [0.3, 0.4) is 0 Å². The van der Waals surface area contributed by atoms with Gasteiger partial charge in [-0.2, -0.15) is 0 Å². The number of halogens is 2. The normalized spacial score (nSPS) is 9.50. The second kappa shape index (κ2) is 3.21. The van der Waals surface area contributed by atoms with Crippen LogP contribution >= 0.6 is 27.5 Å². The molecule has 4 heteroatoms. The van der Waals surface area contributed by atoms with Gasteiger partial charge in [-0.05, 0) is 28.1 Å². The average molecular weight is 221 g/mol. The number of rotatable bonds is 1. The van der Waals surface area contributed by atoms with E-state index in [0.29, 0.717) is 5.15 Å². The highest BCUT2D eigenvalue weighted by atomic mass is 79.9. The topological polar surface area (TPSA) is 24.9 Å². The Labute approximate surface area is 72.7 Å². The first-order valence-corrected chi connectivity index (χ1v) is 3.91. The maximum absolute atomic E-state index is 5.73. The molecule has 0 atom stereocenters. The number of hydrogen-bond donors (Lipinski definition) is 1. The minimum atomic E-state index is 0.483. The SMILES string of the molecule is CNc1ccc(Br)nc1Cl. The van der Waals surface area contributed by atoms with Crippen molar-refractivity contribution in [3.8, 4) is 0 Å². The van der Waals surface area contributed by atoms with Crippen molar-refractivity contribution in [1.82, 2.24) is 4.98 Å². The lowest BCUT2D eigenvalue weighted by Crippen LogP contribution is -1.90. The maximum atomic E-state index is 5.73. The van der Waals surface area contributed by atoms with E-state index in [1.165, 1.54) is 0 Å². The highest BCUT2D eigenvalue weighted by Crippen LogP contribution is 2.20. The number of nitrogens with one attached hydrogen (secondary N) is 1. The molecule has 0 spiro atoms. The van der Waals surface area contributed by atoms with E-state index >= 15 is 0 Å². The van der Waals surface area contributed by atoms with Gasteiger partial charge >= 0.3 is 0 Å². The fraction of sp³-hybridized carbons (Fsp3) is 0.167. The Hall–Kier alpha value is -0.280. The van der Waals surface area contributed by atoms with E-state index in [1.54, 1.807) is 7.05 Å². The van der Waals surface area contributed by atoms with Crippen molar-refractivity contribution in [3.05, 3.63) is 21.9 Å². The van der Waals surface area contributed by atoms with E-state index in [-0.39, 0.29) is 0 Å². The highest BCUT2D eigenvalue weighted by molar-refractivity contribution is 9.10. The third-order valence-corrected chi connectivity index (χ3v) is 1.81. The zero-order chi connectivity index (χ0) is 7.56.